The lowest BCUT2D eigenvalue weighted by Gasteiger charge is -2.34. The molecule has 0 unspecified atom stereocenters. The molecule has 0 aromatic carbocycles. The predicted molar refractivity (Wildman–Crippen MR) is 91.5 cm³/mol. The lowest BCUT2D eigenvalue weighted by molar-refractivity contribution is 0.0711. The zero-order valence-corrected chi connectivity index (χ0v) is 14.4. The van der Waals surface area contributed by atoms with E-state index in [1.165, 1.54) is 36.3 Å². The van der Waals surface area contributed by atoms with Crippen LogP contribution >= 0.6 is 0 Å². The first-order valence-electron chi connectivity index (χ1n) is 9.15. The van der Waals surface area contributed by atoms with Crippen molar-refractivity contribution in [2.45, 2.75) is 51.7 Å². The maximum Gasteiger partial charge on any atom is 0.126 e. The number of hydrogen-bond donors (Lipinski definition) is 1. The standard InChI is InChI=1S/C18H27N5O/c1-14-18-19-11-17(5-8-24-13-15-3-2-4-15)23(18)7-6-22(14)12-16-9-20-21-10-16/h9-11,14-15H,2-8,12-13H2,1H3,(H,20,21)/t14-/m0/s1. The fourth-order valence-corrected chi connectivity index (χ4v) is 3.70. The van der Waals surface area contributed by atoms with Crippen molar-refractivity contribution in [2.75, 3.05) is 19.8 Å². The van der Waals surface area contributed by atoms with Gasteiger partial charge in [0.2, 0.25) is 0 Å². The number of imidazole rings is 1. The first kappa shape index (κ1) is 15.8. The minimum absolute atomic E-state index is 0.332. The molecule has 2 aromatic rings. The van der Waals surface area contributed by atoms with Crippen molar-refractivity contribution in [1.29, 1.82) is 0 Å². The number of H-pyrrole nitrogens is 1. The Morgan fingerprint density at radius 2 is 2.21 bits per heavy atom. The van der Waals surface area contributed by atoms with Gasteiger partial charge in [-0.25, -0.2) is 4.98 Å². The maximum atomic E-state index is 5.86. The molecule has 0 bridgehead atoms. The Hall–Kier alpha value is -1.66. The summed E-state index contributed by atoms with van der Waals surface area (Å²) in [5.74, 6) is 2.00. The molecule has 2 aliphatic rings. The molecular formula is C18H27N5O. The van der Waals surface area contributed by atoms with Crippen molar-refractivity contribution in [1.82, 2.24) is 24.6 Å². The van der Waals surface area contributed by atoms with E-state index in [0.717, 1.165) is 45.2 Å². The van der Waals surface area contributed by atoms with Gasteiger partial charge in [0.05, 0.1) is 18.8 Å². The smallest absolute Gasteiger partial charge is 0.126 e. The van der Waals surface area contributed by atoms with Gasteiger partial charge in [-0.1, -0.05) is 6.42 Å². The van der Waals surface area contributed by atoms with Gasteiger partial charge in [0.15, 0.2) is 0 Å². The summed E-state index contributed by atoms with van der Waals surface area (Å²) in [6.07, 6.45) is 11.0. The third kappa shape index (κ3) is 3.26. The minimum atomic E-state index is 0.332. The van der Waals surface area contributed by atoms with Crippen molar-refractivity contribution < 1.29 is 4.74 Å². The number of rotatable bonds is 7. The zero-order valence-electron chi connectivity index (χ0n) is 14.4. The Kier molecular flexibility index (Phi) is 4.67. The minimum Gasteiger partial charge on any atom is -0.381 e. The molecule has 1 aliphatic heterocycles. The normalized spacial score (nSPS) is 21.6. The zero-order chi connectivity index (χ0) is 16.4. The van der Waals surface area contributed by atoms with Crippen LogP contribution in [0.5, 0.6) is 0 Å². The van der Waals surface area contributed by atoms with Crippen LogP contribution in [0.15, 0.2) is 18.6 Å². The van der Waals surface area contributed by atoms with Crippen LogP contribution in [0, 0.1) is 5.92 Å². The third-order valence-corrected chi connectivity index (χ3v) is 5.52. The highest BCUT2D eigenvalue weighted by molar-refractivity contribution is 5.12. The quantitative estimate of drug-likeness (QED) is 0.793. The molecule has 0 saturated heterocycles. The largest absolute Gasteiger partial charge is 0.381 e. The van der Waals surface area contributed by atoms with E-state index in [2.05, 4.69) is 26.6 Å². The summed E-state index contributed by atoms with van der Waals surface area (Å²) < 4.78 is 8.25. The van der Waals surface area contributed by atoms with Crippen LogP contribution in [0.3, 0.4) is 0 Å². The average molecular weight is 329 g/mol. The summed E-state index contributed by atoms with van der Waals surface area (Å²) in [5.41, 5.74) is 2.54. The second-order valence-corrected chi connectivity index (χ2v) is 7.13. The lowest BCUT2D eigenvalue weighted by atomic mass is 9.86. The first-order valence-corrected chi connectivity index (χ1v) is 9.15. The van der Waals surface area contributed by atoms with E-state index in [1.54, 1.807) is 0 Å². The van der Waals surface area contributed by atoms with Crippen LogP contribution in [-0.2, 0) is 24.2 Å². The summed E-state index contributed by atoms with van der Waals surface area (Å²) in [4.78, 5) is 7.16. The van der Waals surface area contributed by atoms with Gasteiger partial charge in [-0.05, 0) is 25.7 Å². The molecule has 1 saturated carbocycles. The molecule has 0 radical (unpaired) electrons. The van der Waals surface area contributed by atoms with Gasteiger partial charge < -0.3 is 9.30 Å². The van der Waals surface area contributed by atoms with Gasteiger partial charge in [-0.2, -0.15) is 5.10 Å². The molecule has 6 heteroatoms. The number of hydrogen-bond acceptors (Lipinski definition) is 4. The molecule has 1 fully saturated rings. The summed E-state index contributed by atoms with van der Waals surface area (Å²) in [5, 5.41) is 6.93. The van der Waals surface area contributed by atoms with E-state index in [9.17, 15) is 0 Å². The summed E-state index contributed by atoms with van der Waals surface area (Å²) >= 11 is 0. The molecule has 24 heavy (non-hydrogen) atoms. The Bertz CT molecular complexity index is 646. The predicted octanol–water partition coefficient (Wildman–Crippen LogP) is 2.54. The monoisotopic (exact) mass is 329 g/mol. The van der Waals surface area contributed by atoms with Gasteiger partial charge in [0.25, 0.3) is 0 Å². The first-order chi connectivity index (χ1) is 11.8. The molecule has 6 nitrogen and oxygen atoms in total. The van der Waals surface area contributed by atoms with Crippen molar-refractivity contribution in [2.24, 2.45) is 5.92 Å². The molecule has 4 rings (SSSR count). The number of aromatic amines is 1. The fourth-order valence-electron chi connectivity index (χ4n) is 3.70. The topological polar surface area (TPSA) is 59.0 Å². The molecular weight excluding hydrogens is 302 g/mol. The van der Waals surface area contributed by atoms with E-state index in [4.69, 9.17) is 9.72 Å². The molecule has 1 atom stereocenters. The second kappa shape index (κ2) is 7.07. The van der Waals surface area contributed by atoms with Crippen molar-refractivity contribution in [3.05, 3.63) is 35.7 Å². The van der Waals surface area contributed by atoms with E-state index in [1.807, 2.05) is 18.6 Å². The SMILES string of the molecule is C[C@H]1c2ncc(CCOCC3CCC3)n2CCN1Cc1cn[nH]c1. The molecule has 130 valence electrons. The average Bonchev–Trinajstić information content (AvgIpc) is 3.18. The van der Waals surface area contributed by atoms with Gasteiger partial charge >= 0.3 is 0 Å². The van der Waals surface area contributed by atoms with E-state index in [0.29, 0.717) is 6.04 Å². The van der Waals surface area contributed by atoms with Gasteiger partial charge in [-0.3, -0.25) is 10.00 Å². The van der Waals surface area contributed by atoms with Crippen LogP contribution in [0.2, 0.25) is 0 Å². The fraction of sp³-hybridized carbons (Fsp3) is 0.667. The Labute approximate surface area is 143 Å². The highest BCUT2D eigenvalue weighted by Crippen LogP contribution is 2.28. The number of fused-ring (bicyclic) bond motifs is 1. The van der Waals surface area contributed by atoms with E-state index < -0.39 is 0 Å². The van der Waals surface area contributed by atoms with Crippen LogP contribution in [0.25, 0.3) is 0 Å². The third-order valence-electron chi connectivity index (χ3n) is 5.52. The Balaban J connectivity index is 1.33. The van der Waals surface area contributed by atoms with Crippen molar-refractivity contribution in [3.63, 3.8) is 0 Å². The van der Waals surface area contributed by atoms with Crippen molar-refractivity contribution >= 4 is 0 Å². The summed E-state index contributed by atoms with van der Waals surface area (Å²) in [6.45, 7) is 6.98. The summed E-state index contributed by atoms with van der Waals surface area (Å²) in [6, 6.07) is 0.332. The lowest BCUT2D eigenvalue weighted by Crippen LogP contribution is -2.37. The number of ether oxygens (including phenoxy) is 1. The van der Waals surface area contributed by atoms with E-state index >= 15 is 0 Å². The van der Waals surface area contributed by atoms with Crippen LogP contribution in [0.4, 0.5) is 0 Å². The molecule has 1 aliphatic carbocycles. The maximum absolute atomic E-state index is 5.86. The molecule has 3 heterocycles. The second-order valence-electron chi connectivity index (χ2n) is 7.13. The molecule has 1 N–H and O–H groups in total. The van der Waals surface area contributed by atoms with Crippen LogP contribution < -0.4 is 0 Å². The Morgan fingerprint density at radius 3 is 2.96 bits per heavy atom. The van der Waals surface area contributed by atoms with Gasteiger partial charge in [0, 0.05) is 56.3 Å². The van der Waals surface area contributed by atoms with Gasteiger partial charge in [0.1, 0.15) is 5.82 Å². The summed E-state index contributed by atoms with van der Waals surface area (Å²) in [7, 11) is 0. The highest BCUT2D eigenvalue weighted by atomic mass is 16.5. The number of nitrogens with one attached hydrogen (secondary N) is 1. The highest BCUT2D eigenvalue weighted by Gasteiger charge is 2.27. The van der Waals surface area contributed by atoms with Crippen LogP contribution in [-0.4, -0.2) is 44.4 Å². The number of nitrogens with zero attached hydrogens (tertiary/aromatic N) is 4. The van der Waals surface area contributed by atoms with E-state index in [-0.39, 0.29) is 0 Å². The molecule has 0 amide bonds. The Morgan fingerprint density at radius 1 is 1.29 bits per heavy atom. The molecule has 2 aromatic heterocycles. The van der Waals surface area contributed by atoms with Crippen molar-refractivity contribution in [3.8, 4) is 0 Å². The van der Waals surface area contributed by atoms with Crippen LogP contribution in [0.1, 0.15) is 49.3 Å². The van der Waals surface area contributed by atoms with Gasteiger partial charge in [-0.15, -0.1) is 0 Å². The molecule has 0 spiro atoms. The number of aromatic nitrogens is 4.